The van der Waals surface area contributed by atoms with Gasteiger partial charge in [-0.15, -0.1) is 0 Å². The lowest BCUT2D eigenvalue weighted by Gasteiger charge is -2.22. The summed E-state index contributed by atoms with van der Waals surface area (Å²) in [5, 5.41) is 5.23. The molecule has 0 bridgehead atoms. The number of carbonyl (C=O) groups excluding carboxylic acids is 3. The number of carbonyl (C=O) groups is 3. The van der Waals surface area contributed by atoms with Crippen molar-refractivity contribution in [3.63, 3.8) is 0 Å². The van der Waals surface area contributed by atoms with Crippen molar-refractivity contribution in [1.82, 2.24) is 10.6 Å². The van der Waals surface area contributed by atoms with Crippen LogP contribution in [-0.2, 0) is 32.0 Å². The van der Waals surface area contributed by atoms with E-state index < -0.39 is 35.7 Å². The van der Waals surface area contributed by atoms with Gasteiger partial charge >= 0.3 is 5.97 Å². The van der Waals surface area contributed by atoms with E-state index in [4.69, 9.17) is 4.74 Å². The van der Waals surface area contributed by atoms with Crippen molar-refractivity contribution in [1.29, 1.82) is 0 Å². The largest absolute Gasteiger partial charge is 0.467 e. The quantitative estimate of drug-likeness (QED) is 0.587. The molecule has 154 valence electrons. The van der Waals surface area contributed by atoms with Crippen LogP contribution in [0.1, 0.15) is 18.1 Å². The topological polar surface area (TPSA) is 84.5 Å². The number of rotatable bonds is 8. The van der Waals surface area contributed by atoms with Gasteiger partial charge in [0.25, 0.3) is 0 Å². The first-order valence-electron chi connectivity index (χ1n) is 8.92. The highest BCUT2D eigenvalue weighted by Crippen LogP contribution is 2.13. The zero-order valence-corrected chi connectivity index (χ0v) is 17.7. The van der Waals surface area contributed by atoms with Crippen LogP contribution in [0.2, 0.25) is 0 Å². The number of hydrogen-bond acceptors (Lipinski definition) is 4. The molecule has 2 atom stereocenters. The molecule has 2 aromatic carbocycles. The first kappa shape index (κ1) is 22.5. The second kappa shape index (κ2) is 10.7. The minimum Gasteiger partial charge on any atom is -0.467 e. The van der Waals surface area contributed by atoms with E-state index in [2.05, 4.69) is 26.6 Å². The molecule has 0 unspecified atom stereocenters. The van der Waals surface area contributed by atoms with Crippen molar-refractivity contribution in [2.45, 2.75) is 31.8 Å². The predicted molar refractivity (Wildman–Crippen MR) is 110 cm³/mol. The summed E-state index contributed by atoms with van der Waals surface area (Å²) < 4.78 is 18.8. The van der Waals surface area contributed by atoms with Crippen molar-refractivity contribution in [2.24, 2.45) is 0 Å². The molecule has 0 aromatic heterocycles. The van der Waals surface area contributed by atoms with Crippen molar-refractivity contribution < 1.29 is 23.5 Å². The number of methoxy groups -OCH3 is 1. The molecule has 2 rings (SSSR count). The van der Waals surface area contributed by atoms with Crippen LogP contribution in [0.3, 0.4) is 0 Å². The third-order valence-corrected chi connectivity index (χ3v) is 4.73. The van der Waals surface area contributed by atoms with Crippen LogP contribution in [-0.4, -0.2) is 37.0 Å². The molecule has 0 heterocycles. The Hall–Kier alpha value is -2.74. The van der Waals surface area contributed by atoms with Gasteiger partial charge in [-0.05, 0) is 35.4 Å². The van der Waals surface area contributed by atoms with Gasteiger partial charge in [-0.3, -0.25) is 9.59 Å². The van der Waals surface area contributed by atoms with Crippen LogP contribution >= 0.6 is 15.9 Å². The number of ether oxygens (including phenoxy) is 1. The van der Waals surface area contributed by atoms with Crippen molar-refractivity contribution in [3.8, 4) is 0 Å². The first-order valence-corrected chi connectivity index (χ1v) is 9.72. The molecule has 6 nitrogen and oxygen atoms in total. The lowest BCUT2D eigenvalue weighted by atomic mass is 10.0. The maximum absolute atomic E-state index is 13.1. The van der Waals surface area contributed by atoms with Crippen LogP contribution in [0.25, 0.3) is 0 Å². The van der Waals surface area contributed by atoms with Gasteiger partial charge in [0, 0.05) is 24.2 Å². The molecule has 0 saturated heterocycles. The zero-order valence-electron chi connectivity index (χ0n) is 16.1. The number of amides is 2. The fourth-order valence-electron chi connectivity index (χ4n) is 2.77. The Kier molecular flexibility index (Phi) is 8.33. The summed E-state index contributed by atoms with van der Waals surface area (Å²) in [6.07, 6.45) is 0.382. The van der Waals surface area contributed by atoms with E-state index in [0.29, 0.717) is 5.56 Å². The van der Waals surface area contributed by atoms with E-state index in [-0.39, 0.29) is 12.8 Å². The Bertz CT molecular complexity index is 856. The Morgan fingerprint density at radius 1 is 0.931 bits per heavy atom. The zero-order chi connectivity index (χ0) is 21.4. The minimum atomic E-state index is -0.921. The van der Waals surface area contributed by atoms with Gasteiger partial charge in [0.1, 0.15) is 17.9 Å². The molecule has 2 aromatic rings. The summed E-state index contributed by atoms with van der Waals surface area (Å²) in [5.74, 6) is -1.91. The second-order valence-electron chi connectivity index (χ2n) is 6.50. The van der Waals surface area contributed by atoms with Gasteiger partial charge in [0.2, 0.25) is 11.8 Å². The summed E-state index contributed by atoms with van der Waals surface area (Å²) in [4.78, 5) is 36.5. The van der Waals surface area contributed by atoms with Gasteiger partial charge in [-0.2, -0.15) is 0 Å². The molecule has 29 heavy (non-hydrogen) atoms. The molecule has 2 N–H and O–H groups in total. The van der Waals surface area contributed by atoms with Gasteiger partial charge in [-0.1, -0.05) is 40.2 Å². The molecule has 8 heteroatoms. The molecule has 0 spiro atoms. The average Bonchev–Trinajstić information content (AvgIpc) is 2.69. The Labute approximate surface area is 177 Å². The standard InChI is InChI=1S/C21H22BrFN2O4/c1-13(26)24-18(11-15-5-9-17(23)10-6-15)20(27)25-19(21(28)29-2)12-14-3-7-16(22)8-4-14/h3-10,18-19H,11-12H2,1-2H3,(H,24,26)(H,25,27)/t18-,19+/m0/s1. The van der Waals surface area contributed by atoms with Crippen LogP contribution < -0.4 is 10.6 Å². The maximum Gasteiger partial charge on any atom is 0.328 e. The summed E-state index contributed by atoms with van der Waals surface area (Å²) >= 11 is 3.35. The summed E-state index contributed by atoms with van der Waals surface area (Å²) in [6, 6.07) is 11.1. The van der Waals surface area contributed by atoms with E-state index in [9.17, 15) is 18.8 Å². The van der Waals surface area contributed by atoms with Gasteiger partial charge in [0.05, 0.1) is 7.11 Å². The Morgan fingerprint density at radius 2 is 1.45 bits per heavy atom. The van der Waals surface area contributed by atoms with Crippen molar-refractivity contribution >= 4 is 33.7 Å². The lowest BCUT2D eigenvalue weighted by molar-refractivity contribution is -0.145. The number of benzene rings is 2. The molecule has 0 aliphatic rings. The van der Waals surface area contributed by atoms with E-state index >= 15 is 0 Å². The van der Waals surface area contributed by atoms with E-state index in [1.165, 1.54) is 38.3 Å². The normalized spacial score (nSPS) is 12.6. The second-order valence-corrected chi connectivity index (χ2v) is 7.41. The molecule has 0 radical (unpaired) electrons. The predicted octanol–water partition coefficient (Wildman–Crippen LogP) is 2.54. The van der Waals surface area contributed by atoms with Crippen molar-refractivity contribution in [3.05, 3.63) is 69.9 Å². The third kappa shape index (κ3) is 7.30. The molecule has 0 aliphatic carbocycles. The Balaban J connectivity index is 2.15. The van der Waals surface area contributed by atoms with Crippen LogP contribution in [0.4, 0.5) is 4.39 Å². The molecule has 0 aliphatic heterocycles. The highest BCUT2D eigenvalue weighted by molar-refractivity contribution is 9.10. The minimum absolute atomic E-state index is 0.151. The van der Waals surface area contributed by atoms with E-state index in [1.54, 1.807) is 0 Å². The summed E-state index contributed by atoms with van der Waals surface area (Å²) in [5.41, 5.74) is 1.50. The Morgan fingerprint density at radius 3 is 1.97 bits per heavy atom. The lowest BCUT2D eigenvalue weighted by Crippen LogP contribution is -2.53. The summed E-state index contributed by atoms with van der Waals surface area (Å²) in [7, 11) is 1.24. The molecular weight excluding hydrogens is 443 g/mol. The van der Waals surface area contributed by atoms with Crippen molar-refractivity contribution in [2.75, 3.05) is 7.11 Å². The molecule has 0 fully saturated rings. The van der Waals surface area contributed by atoms with Crippen LogP contribution in [0.15, 0.2) is 53.0 Å². The van der Waals surface area contributed by atoms with Gasteiger partial charge < -0.3 is 15.4 Å². The SMILES string of the molecule is COC(=O)[C@@H](Cc1ccc(Br)cc1)NC(=O)[C@H](Cc1ccc(F)cc1)NC(C)=O. The average molecular weight is 465 g/mol. The highest BCUT2D eigenvalue weighted by atomic mass is 79.9. The smallest absolute Gasteiger partial charge is 0.328 e. The maximum atomic E-state index is 13.1. The van der Waals surface area contributed by atoms with E-state index in [1.807, 2.05) is 24.3 Å². The number of hydrogen-bond donors (Lipinski definition) is 2. The molecule has 2 amide bonds. The molecular formula is C21H22BrFN2O4. The monoisotopic (exact) mass is 464 g/mol. The fourth-order valence-corrected chi connectivity index (χ4v) is 3.04. The van der Waals surface area contributed by atoms with Gasteiger partial charge in [0.15, 0.2) is 0 Å². The highest BCUT2D eigenvalue weighted by Gasteiger charge is 2.27. The fraction of sp³-hybridized carbons (Fsp3) is 0.286. The number of nitrogens with one attached hydrogen (secondary N) is 2. The first-order chi connectivity index (χ1) is 13.8. The number of halogens is 2. The van der Waals surface area contributed by atoms with Crippen LogP contribution in [0.5, 0.6) is 0 Å². The number of esters is 1. The third-order valence-electron chi connectivity index (χ3n) is 4.20. The van der Waals surface area contributed by atoms with Gasteiger partial charge in [-0.25, -0.2) is 9.18 Å². The summed E-state index contributed by atoms with van der Waals surface area (Å²) in [6.45, 7) is 1.30. The van der Waals surface area contributed by atoms with Crippen LogP contribution in [0, 0.1) is 5.82 Å². The van der Waals surface area contributed by atoms with E-state index in [0.717, 1.165) is 10.0 Å². The molecule has 0 saturated carbocycles.